The molecule has 0 aliphatic carbocycles. The van der Waals surface area contributed by atoms with Gasteiger partial charge in [-0.25, -0.2) is 0 Å². The van der Waals surface area contributed by atoms with Crippen molar-refractivity contribution in [2.24, 2.45) is 0 Å². The third kappa shape index (κ3) is 3.28. The van der Waals surface area contributed by atoms with Crippen LogP contribution in [0.15, 0.2) is 48.5 Å². The highest BCUT2D eigenvalue weighted by Crippen LogP contribution is 2.25. The van der Waals surface area contributed by atoms with Crippen LogP contribution in [0.25, 0.3) is 0 Å². The number of aryl methyl sites for hydroxylation is 1. The number of hydrogen-bond acceptors (Lipinski definition) is 2. The molecule has 0 bridgehead atoms. The Kier molecular flexibility index (Phi) is 4.45. The molecule has 0 saturated carbocycles. The van der Waals surface area contributed by atoms with Crippen molar-refractivity contribution in [3.05, 3.63) is 59.7 Å². The van der Waals surface area contributed by atoms with E-state index in [2.05, 4.69) is 43.4 Å². The second kappa shape index (κ2) is 6.28. The standard InChI is InChI=1S/C17H21NO/c1-13-8-4-5-9-15(13)14(2)12-18-16-10-6-7-11-17(16)19-3/h4-11,14,18H,12H2,1-3H3. The molecule has 2 rings (SSSR count). The molecule has 19 heavy (non-hydrogen) atoms. The number of nitrogens with one attached hydrogen (secondary N) is 1. The molecule has 2 nitrogen and oxygen atoms in total. The third-order valence-corrected chi connectivity index (χ3v) is 3.43. The van der Waals surface area contributed by atoms with E-state index >= 15 is 0 Å². The average molecular weight is 255 g/mol. The van der Waals surface area contributed by atoms with Crippen molar-refractivity contribution < 1.29 is 4.74 Å². The van der Waals surface area contributed by atoms with Crippen LogP contribution in [0, 0.1) is 6.92 Å². The Hall–Kier alpha value is -1.96. The Balaban J connectivity index is 2.04. The Morgan fingerprint density at radius 1 is 1.05 bits per heavy atom. The van der Waals surface area contributed by atoms with E-state index in [0.29, 0.717) is 5.92 Å². The van der Waals surface area contributed by atoms with Crippen LogP contribution in [0.5, 0.6) is 5.75 Å². The molecule has 100 valence electrons. The fraction of sp³-hybridized carbons (Fsp3) is 0.294. The highest BCUT2D eigenvalue weighted by atomic mass is 16.5. The van der Waals surface area contributed by atoms with Crippen molar-refractivity contribution in [2.45, 2.75) is 19.8 Å². The summed E-state index contributed by atoms with van der Waals surface area (Å²) < 4.78 is 5.34. The fourth-order valence-corrected chi connectivity index (χ4v) is 2.30. The van der Waals surface area contributed by atoms with Crippen LogP contribution in [0.1, 0.15) is 24.0 Å². The highest BCUT2D eigenvalue weighted by Gasteiger charge is 2.08. The zero-order valence-electron chi connectivity index (χ0n) is 11.8. The zero-order valence-corrected chi connectivity index (χ0v) is 11.8. The zero-order chi connectivity index (χ0) is 13.7. The van der Waals surface area contributed by atoms with Gasteiger partial charge in [-0.15, -0.1) is 0 Å². The molecule has 0 saturated heterocycles. The van der Waals surface area contributed by atoms with Crippen LogP contribution in [0.3, 0.4) is 0 Å². The van der Waals surface area contributed by atoms with Crippen molar-refractivity contribution >= 4 is 5.69 Å². The van der Waals surface area contributed by atoms with E-state index in [1.54, 1.807) is 7.11 Å². The first-order valence-corrected chi connectivity index (χ1v) is 6.64. The van der Waals surface area contributed by atoms with Gasteiger partial charge >= 0.3 is 0 Å². The van der Waals surface area contributed by atoms with Gasteiger partial charge in [0.05, 0.1) is 12.8 Å². The lowest BCUT2D eigenvalue weighted by Gasteiger charge is -2.17. The van der Waals surface area contributed by atoms with Crippen molar-refractivity contribution in [1.29, 1.82) is 0 Å². The van der Waals surface area contributed by atoms with Crippen molar-refractivity contribution in [3.63, 3.8) is 0 Å². The van der Waals surface area contributed by atoms with E-state index in [1.165, 1.54) is 11.1 Å². The van der Waals surface area contributed by atoms with Crippen molar-refractivity contribution in [3.8, 4) is 5.75 Å². The molecule has 0 fully saturated rings. The third-order valence-electron chi connectivity index (χ3n) is 3.43. The molecule has 0 radical (unpaired) electrons. The van der Waals surface area contributed by atoms with Gasteiger partial charge in [-0.1, -0.05) is 43.3 Å². The van der Waals surface area contributed by atoms with E-state index in [1.807, 2.05) is 24.3 Å². The quantitative estimate of drug-likeness (QED) is 0.863. The minimum Gasteiger partial charge on any atom is -0.495 e. The van der Waals surface area contributed by atoms with Gasteiger partial charge in [0.25, 0.3) is 0 Å². The monoisotopic (exact) mass is 255 g/mol. The first-order chi connectivity index (χ1) is 9.22. The molecule has 0 aromatic heterocycles. The van der Waals surface area contributed by atoms with E-state index in [-0.39, 0.29) is 0 Å². The van der Waals surface area contributed by atoms with Gasteiger partial charge in [0.2, 0.25) is 0 Å². The van der Waals surface area contributed by atoms with Gasteiger partial charge < -0.3 is 10.1 Å². The normalized spacial score (nSPS) is 11.9. The van der Waals surface area contributed by atoms with Crippen molar-refractivity contribution in [2.75, 3.05) is 19.0 Å². The molecule has 1 unspecified atom stereocenters. The van der Waals surface area contributed by atoms with Crippen molar-refractivity contribution in [1.82, 2.24) is 0 Å². The predicted molar refractivity (Wildman–Crippen MR) is 81.1 cm³/mol. The molecule has 1 N–H and O–H groups in total. The summed E-state index contributed by atoms with van der Waals surface area (Å²) in [5.41, 5.74) is 3.78. The molecule has 2 heteroatoms. The van der Waals surface area contributed by atoms with Crippen LogP contribution >= 0.6 is 0 Å². The number of hydrogen-bond donors (Lipinski definition) is 1. The lowest BCUT2D eigenvalue weighted by molar-refractivity contribution is 0.416. The van der Waals surface area contributed by atoms with Crippen LogP contribution in [-0.4, -0.2) is 13.7 Å². The average Bonchev–Trinajstić information content (AvgIpc) is 2.45. The van der Waals surface area contributed by atoms with Gasteiger partial charge in [-0.2, -0.15) is 0 Å². The Morgan fingerprint density at radius 2 is 1.74 bits per heavy atom. The Bertz CT molecular complexity index is 536. The van der Waals surface area contributed by atoms with Crippen LogP contribution in [0.4, 0.5) is 5.69 Å². The number of benzene rings is 2. The summed E-state index contributed by atoms with van der Waals surface area (Å²) in [4.78, 5) is 0. The molecule has 0 amide bonds. The first-order valence-electron chi connectivity index (χ1n) is 6.64. The van der Waals surface area contributed by atoms with Crippen LogP contribution in [0.2, 0.25) is 0 Å². The minimum absolute atomic E-state index is 0.464. The van der Waals surface area contributed by atoms with E-state index in [0.717, 1.165) is 18.0 Å². The summed E-state index contributed by atoms with van der Waals surface area (Å²) in [6.45, 7) is 5.30. The summed E-state index contributed by atoms with van der Waals surface area (Å²) in [5, 5.41) is 3.46. The number of methoxy groups -OCH3 is 1. The first kappa shape index (κ1) is 13.5. The molecule has 0 heterocycles. The van der Waals surface area contributed by atoms with Crippen LogP contribution < -0.4 is 10.1 Å². The smallest absolute Gasteiger partial charge is 0.141 e. The Morgan fingerprint density at radius 3 is 2.47 bits per heavy atom. The molecular weight excluding hydrogens is 234 g/mol. The number of rotatable bonds is 5. The van der Waals surface area contributed by atoms with Crippen LogP contribution in [-0.2, 0) is 0 Å². The van der Waals surface area contributed by atoms with E-state index in [4.69, 9.17) is 4.74 Å². The maximum Gasteiger partial charge on any atom is 0.141 e. The summed E-state index contributed by atoms with van der Waals surface area (Å²) in [7, 11) is 1.70. The molecule has 0 spiro atoms. The summed E-state index contributed by atoms with van der Waals surface area (Å²) in [5.74, 6) is 1.35. The SMILES string of the molecule is COc1ccccc1NCC(C)c1ccccc1C. The second-order valence-electron chi connectivity index (χ2n) is 4.84. The second-order valence-corrected chi connectivity index (χ2v) is 4.84. The lowest BCUT2D eigenvalue weighted by atomic mass is 9.96. The molecular formula is C17H21NO. The van der Waals surface area contributed by atoms with Gasteiger partial charge in [-0.05, 0) is 36.1 Å². The minimum atomic E-state index is 0.464. The van der Waals surface area contributed by atoms with Gasteiger partial charge in [0.1, 0.15) is 5.75 Å². The Labute approximate surface area is 115 Å². The highest BCUT2D eigenvalue weighted by molar-refractivity contribution is 5.56. The van der Waals surface area contributed by atoms with E-state index < -0.39 is 0 Å². The van der Waals surface area contributed by atoms with Gasteiger partial charge in [-0.3, -0.25) is 0 Å². The fourth-order valence-electron chi connectivity index (χ4n) is 2.30. The molecule has 0 aliphatic rings. The maximum atomic E-state index is 5.34. The maximum absolute atomic E-state index is 5.34. The van der Waals surface area contributed by atoms with Gasteiger partial charge in [0, 0.05) is 6.54 Å². The number of para-hydroxylation sites is 2. The lowest BCUT2D eigenvalue weighted by Crippen LogP contribution is -2.11. The largest absolute Gasteiger partial charge is 0.495 e. The van der Waals surface area contributed by atoms with E-state index in [9.17, 15) is 0 Å². The molecule has 0 aliphatic heterocycles. The summed E-state index contributed by atoms with van der Waals surface area (Å²) >= 11 is 0. The number of anilines is 1. The predicted octanol–water partition coefficient (Wildman–Crippen LogP) is 4.22. The molecule has 2 aromatic rings. The molecule has 2 aromatic carbocycles. The summed E-state index contributed by atoms with van der Waals surface area (Å²) in [6.07, 6.45) is 0. The number of ether oxygens (including phenoxy) is 1. The topological polar surface area (TPSA) is 21.3 Å². The van der Waals surface area contributed by atoms with Gasteiger partial charge in [0.15, 0.2) is 0 Å². The summed E-state index contributed by atoms with van der Waals surface area (Å²) in [6, 6.07) is 16.6. The molecule has 1 atom stereocenters.